The maximum atomic E-state index is 12.8. The van der Waals surface area contributed by atoms with E-state index in [1.807, 2.05) is 44.3 Å². The predicted molar refractivity (Wildman–Crippen MR) is 114 cm³/mol. The third-order valence-electron chi connectivity index (χ3n) is 4.34. The average molecular weight is 413 g/mol. The Balaban J connectivity index is 1.74. The van der Waals surface area contributed by atoms with Crippen molar-refractivity contribution in [2.45, 2.75) is 32.4 Å². The van der Waals surface area contributed by atoms with E-state index in [-0.39, 0.29) is 24.4 Å². The first kappa shape index (κ1) is 20.6. The lowest BCUT2D eigenvalue weighted by molar-refractivity contribution is -0.127. The van der Waals surface area contributed by atoms with E-state index in [0.717, 1.165) is 16.5 Å². The number of hydrogen-bond acceptors (Lipinski definition) is 4. The van der Waals surface area contributed by atoms with Gasteiger partial charge in [-0.05, 0) is 36.9 Å². The molecule has 0 radical (unpaired) electrons. The number of hydrogen-bond donors (Lipinski definition) is 4. The lowest BCUT2D eigenvalue weighted by atomic mass is 10.0. The fourth-order valence-corrected chi connectivity index (χ4v) is 3.66. The molecule has 3 rings (SSSR count). The Morgan fingerprint density at radius 1 is 1.07 bits per heavy atom. The quantitative estimate of drug-likeness (QED) is 0.456. The third kappa shape index (κ3) is 5.45. The summed E-state index contributed by atoms with van der Waals surface area (Å²) in [6.07, 6.45) is 2.15. The number of thiophene rings is 1. The van der Waals surface area contributed by atoms with Crippen LogP contribution in [0.25, 0.3) is 10.9 Å². The summed E-state index contributed by atoms with van der Waals surface area (Å²) in [5, 5.41) is 11.0. The number of fused-ring (bicyclic) bond motifs is 1. The first-order chi connectivity index (χ1) is 13.9. The van der Waals surface area contributed by atoms with Crippen LogP contribution in [-0.4, -0.2) is 41.3 Å². The topological polar surface area (TPSA) is 103 Å². The van der Waals surface area contributed by atoms with E-state index in [2.05, 4.69) is 20.9 Å². The number of amides is 3. The molecule has 1 atom stereocenters. The zero-order valence-electron chi connectivity index (χ0n) is 16.3. The highest BCUT2D eigenvalue weighted by atomic mass is 32.1. The van der Waals surface area contributed by atoms with E-state index in [0.29, 0.717) is 11.3 Å². The largest absolute Gasteiger partial charge is 0.361 e. The second-order valence-corrected chi connectivity index (χ2v) is 7.95. The Bertz CT molecular complexity index is 994. The van der Waals surface area contributed by atoms with E-state index in [9.17, 15) is 14.4 Å². The van der Waals surface area contributed by atoms with Gasteiger partial charge in [0.15, 0.2) is 0 Å². The van der Waals surface area contributed by atoms with Crippen molar-refractivity contribution in [2.75, 3.05) is 6.54 Å². The predicted octanol–water partition coefficient (Wildman–Crippen LogP) is 2.21. The molecule has 0 bridgehead atoms. The van der Waals surface area contributed by atoms with E-state index in [4.69, 9.17) is 0 Å². The van der Waals surface area contributed by atoms with Crippen molar-refractivity contribution in [3.8, 4) is 0 Å². The van der Waals surface area contributed by atoms with Gasteiger partial charge >= 0.3 is 0 Å². The van der Waals surface area contributed by atoms with Crippen LogP contribution < -0.4 is 16.0 Å². The zero-order chi connectivity index (χ0) is 20.8. The maximum Gasteiger partial charge on any atom is 0.262 e. The van der Waals surface area contributed by atoms with Crippen LogP contribution >= 0.6 is 11.3 Å². The van der Waals surface area contributed by atoms with Gasteiger partial charge in [0, 0.05) is 29.6 Å². The average Bonchev–Trinajstić information content (AvgIpc) is 3.35. The second-order valence-electron chi connectivity index (χ2n) is 7.01. The number of nitrogens with one attached hydrogen (secondary N) is 4. The summed E-state index contributed by atoms with van der Waals surface area (Å²) in [4.78, 5) is 40.9. The standard InChI is InChI=1S/C21H24N4O3S/c1-13(2)24-19(26)12-23-20(27)17(25-21(28)18-8-5-9-29-18)10-14-11-22-16-7-4-3-6-15(14)16/h3-9,11,13,17,22H,10,12H2,1-2H3,(H,23,27)(H,24,26)(H,25,28)/t17-/m0/s1. The lowest BCUT2D eigenvalue weighted by Gasteiger charge is -2.18. The van der Waals surface area contributed by atoms with Crippen molar-refractivity contribution in [1.29, 1.82) is 0 Å². The Morgan fingerprint density at radius 2 is 1.86 bits per heavy atom. The lowest BCUT2D eigenvalue weighted by Crippen LogP contribution is -2.50. The van der Waals surface area contributed by atoms with Gasteiger partial charge in [0.1, 0.15) is 6.04 Å². The van der Waals surface area contributed by atoms with Crippen LogP contribution in [0.5, 0.6) is 0 Å². The molecule has 2 heterocycles. The van der Waals surface area contributed by atoms with Gasteiger partial charge in [0.2, 0.25) is 11.8 Å². The SMILES string of the molecule is CC(C)NC(=O)CNC(=O)[C@H](Cc1c[nH]c2ccccc12)NC(=O)c1cccs1. The Kier molecular flexibility index (Phi) is 6.66. The molecule has 0 saturated carbocycles. The number of benzene rings is 1. The van der Waals surface area contributed by atoms with Gasteiger partial charge in [-0.3, -0.25) is 14.4 Å². The molecule has 0 fully saturated rings. The van der Waals surface area contributed by atoms with Crippen molar-refractivity contribution in [3.05, 3.63) is 58.4 Å². The molecular weight excluding hydrogens is 388 g/mol. The molecule has 3 amide bonds. The summed E-state index contributed by atoms with van der Waals surface area (Å²) >= 11 is 1.31. The summed E-state index contributed by atoms with van der Waals surface area (Å²) in [5.74, 6) is -0.991. The van der Waals surface area contributed by atoms with E-state index in [1.165, 1.54) is 11.3 Å². The van der Waals surface area contributed by atoms with Crippen molar-refractivity contribution < 1.29 is 14.4 Å². The minimum atomic E-state index is -0.810. The fraction of sp³-hybridized carbons (Fsp3) is 0.286. The maximum absolute atomic E-state index is 12.8. The zero-order valence-corrected chi connectivity index (χ0v) is 17.1. The van der Waals surface area contributed by atoms with Gasteiger partial charge in [-0.1, -0.05) is 24.3 Å². The Hall–Kier alpha value is -3.13. The fourth-order valence-electron chi connectivity index (χ4n) is 3.03. The number of H-pyrrole nitrogens is 1. The van der Waals surface area contributed by atoms with Crippen LogP contribution in [0.1, 0.15) is 29.1 Å². The minimum absolute atomic E-state index is 0.0139. The van der Waals surface area contributed by atoms with Crippen molar-refractivity contribution in [3.63, 3.8) is 0 Å². The van der Waals surface area contributed by atoms with Crippen molar-refractivity contribution in [1.82, 2.24) is 20.9 Å². The first-order valence-corrected chi connectivity index (χ1v) is 10.3. The number of carbonyl (C=O) groups is 3. The molecule has 29 heavy (non-hydrogen) atoms. The van der Waals surface area contributed by atoms with Gasteiger partial charge in [0.05, 0.1) is 11.4 Å². The molecule has 0 aliphatic heterocycles. The van der Waals surface area contributed by atoms with Gasteiger partial charge in [-0.15, -0.1) is 11.3 Å². The molecule has 8 heteroatoms. The van der Waals surface area contributed by atoms with E-state index >= 15 is 0 Å². The summed E-state index contributed by atoms with van der Waals surface area (Å²) in [6.45, 7) is 3.55. The molecule has 7 nitrogen and oxygen atoms in total. The summed E-state index contributed by atoms with van der Waals surface area (Å²) in [6, 6.07) is 10.4. The van der Waals surface area contributed by atoms with Gasteiger partial charge in [-0.2, -0.15) is 0 Å². The van der Waals surface area contributed by atoms with Crippen LogP contribution in [-0.2, 0) is 16.0 Å². The van der Waals surface area contributed by atoms with Crippen LogP contribution in [0.15, 0.2) is 48.0 Å². The van der Waals surface area contributed by atoms with Gasteiger partial charge < -0.3 is 20.9 Å². The first-order valence-electron chi connectivity index (χ1n) is 9.40. The van der Waals surface area contributed by atoms with Crippen LogP contribution in [0.4, 0.5) is 0 Å². The molecule has 3 aromatic rings. The molecule has 0 spiro atoms. The van der Waals surface area contributed by atoms with Crippen LogP contribution in [0.3, 0.4) is 0 Å². The minimum Gasteiger partial charge on any atom is -0.361 e. The normalized spacial score (nSPS) is 12.0. The highest BCUT2D eigenvalue weighted by Gasteiger charge is 2.24. The molecule has 1 aromatic carbocycles. The number of aromatic nitrogens is 1. The van der Waals surface area contributed by atoms with E-state index < -0.39 is 11.9 Å². The molecule has 2 aromatic heterocycles. The molecular formula is C21H24N4O3S. The number of rotatable bonds is 8. The number of para-hydroxylation sites is 1. The Morgan fingerprint density at radius 3 is 2.59 bits per heavy atom. The van der Waals surface area contributed by atoms with Crippen molar-refractivity contribution >= 4 is 40.0 Å². The summed E-state index contributed by atoms with van der Waals surface area (Å²) in [5.41, 5.74) is 1.88. The smallest absolute Gasteiger partial charge is 0.262 e. The van der Waals surface area contributed by atoms with Crippen LogP contribution in [0, 0.1) is 0 Å². The highest BCUT2D eigenvalue weighted by Crippen LogP contribution is 2.19. The molecule has 0 saturated heterocycles. The van der Waals surface area contributed by atoms with E-state index in [1.54, 1.807) is 17.5 Å². The molecule has 0 unspecified atom stereocenters. The van der Waals surface area contributed by atoms with Gasteiger partial charge in [0.25, 0.3) is 5.91 Å². The summed E-state index contributed by atoms with van der Waals surface area (Å²) in [7, 11) is 0. The number of carbonyl (C=O) groups excluding carboxylic acids is 3. The van der Waals surface area contributed by atoms with Gasteiger partial charge in [-0.25, -0.2) is 0 Å². The number of aromatic amines is 1. The second kappa shape index (κ2) is 9.38. The Labute approximate surface area is 172 Å². The molecule has 0 aliphatic carbocycles. The van der Waals surface area contributed by atoms with Crippen molar-refractivity contribution in [2.24, 2.45) is 0 Å². The molecule has 152 valence electrons. The third-order valence-corrected chi connectivity index (χ3v) is 5.21. The van der Waals surface area contributed by atoms with Crippen LogP contribution in [0.2, 0.25) is 0 Å². The molecule has 4 N–H and O–H groups in total. The highest BCUT2D eigenvalue weighted by molar-refractivity contribution is 7.12. The summed E-state index contributed by atoms with van der Waals surface area (Å²) < 4.78 is 0. The molecule has 0 aliphatic rings. The monoisotopic (exact) mass is 412 g/mol.